The molecule has 0 bridgehead atoms. The molecule has 30 heavy (non-hydrogen) atoms. The van der Waals surface area contributed by atoms with Crippen LogP contribution in [0.3, 0.4) is 0 Å². The van der Waals surface area contributed by atoms with Gasteiger partial charge in [0.25, 0.3) is 0 Å². The van der Waals surface area contributed by atoms with Crippen molar-refractivity contribution < 1.29 is 27.4 Å². The molecule has 8 nitrogen and oxygen atoms in total. The van der Waals surface area contributed by atoms with E-state index in [2.05, 4.69) is 20.6 Å². The van der Waals surface area contributed by atoms with Crippen LogP contribution in [0, 0.1) is 0 Å². The van der Waals surface area contributed by atoms with E-state index in [-0.39, 0.29) is 23.7 Å². The second kappa shape index (κ2) is 8.48. The van der Waals surface area contributed by atoms with E-state index < -0.39 is 11.9 Å². The summed E-state index contributed by atoms with van der Waals surface area (Å²) in [6, 6.07) is 6.34. The number of anilines is 2. The van der Waals surface area contributed by atoms with E-state index >= 15 is 0 Å². The fourth-order valence-corrected chi connectivity index (χ4v) is 3.13. The number of benzene rings is 1. The maximum Gasteiger partial charge on any atom is 0.433 e. The molecule has 4 rings (SSSR count). The molecule has 0 radical (unpaired) electrons. The van der Waals surface area contributed by atoms with Crippen LogP contribution < -0.4 is 25.0 Å². The number of hydrogen-bond donors (Lipinski definition) is 2. The van der Waals surface area contributed by atoms with Crippen molar-refractivity contribution in [2.24, 2.45) is 0 Å². The van der Waals surface area contributed by atoms with Gasteiger partial charge in [0, 0.05) is 25.7 Å². The number of aromatic nitrogens is 2. The number of nitrogens with zero attached hydrogens (tertiary/aromatic N) is 3. The third-order valence-electron chi connectivity index (χ3n) is 4.45. The molecule has 1 fully saturated rings. The Morgan fingerprint density at radius 2 is 1.87 bits per heavy atom. The minimum atomic E-state index is -4.61. The largest absolute Gasteiger partial charge is 0.454 e. The summed E-state index contributed by atoms with van der Waals surface area (Å²) in [5.41, 5.74) is -0.178. The Morgan fingerprint density at radius 1 is 1.10 bits per heavy atom. The second-order valence-electron chi connectivity index (χ2n) is 6.53. The standard InChI is InChI=1S/C18H18F3N5O3S/c19-18(20,21)14-8-15(26-3-5-27-6-4-26)24-16(23-14)25-17(30)22-9-11-1-2-12-13(7-11)29-10-28-12/h1-2,7-8H,3-6,9-10H2,(H2,22,23,24,25,30). The quantitative estimate of drug-likeness (QED) is 0.696. The van der Waals surface area contributed by atoms with Gasteiger partial charge in [0.05, 0.1) is 13.2 Å². The molecule has 2 N–H and O–H groups in total. The van der Waals surface area contributed by atoms with Gasteiger partial charge in [-0.2, -0.15) is 18.2 Å². The van der Waals surface area contributed by atoms with Crippen LogP contribution >= 0.6 is 12.2 Å². The smallest absolute Gasteiger partial charge is 0.433 e. The second-order valence-corrected chi connectivity index (χ2v) is 6.94. The average molecular weight is 441 g/mol. The van der Waals surface area contributed by atoms with Gasteiger partial charge in [-0.3, -0.25) is 0 Å². The maximum atomic E-state index is 13.3. The Hall–Kier alpha value is -2.86. The van der Waals surface area contributed by atoms with Crippen molar-refractivity contribution in [3.8, 4) is 11.5 Å². The summed E-state index contributed by atoms with van der Waals surface area (Å²) >= 11 is 5.20. The number of fused-ring (bicyclic) bond motifs is 1. The van der Waals surface area contributed by atoms with Crippen molar-refractivity contribution in [1.82, 2.24) is 15.3 Å². The lowest BCUT2D eigenvalue weighted by atomic mass is 10.2. The predicted molar refractivity (Wildman–Crippen MR) is 106 cm³/mol. The lowest BCUT2D eigenvalue weighted by Gasteiger charge is -2.28. The van der Waals surface area contributed by atoms with Crippen molar-refractivity contribution >= 4 is 29.1 Å². The first kappa shape index (κ1) is 20.4. The molecule has 1 aromatic carbocycles. The van der Waals surface area contributed by atoms with E-state index in [9.17, 15) is 13.2 Å². The molecular formula is C18H18F3N5O3S. The van der Waals surface area contributed by atoms with Crippen molar-refractivity contribution in [1.29, 1.82) is 0 Å². The monoisotopic (exact) mass is 441 g/mol. The minimum Gasteiger partial charge on any atom is -0.454 e. The molecule has 0 unspecified atom stereocenters. The molecule has 0 saturated carbocycles. The Morgan fingerprint density at radius 3 is 2.63 bits per heavy atom. The van der Waals surface area contributed by atoms with Crippen LogP contribution in [0.2, 0.25) is 0 Å². The first-order valence-electron chi connectivity index (χ1n) is 9.11. The summed E-state index contributed by atoms with van der Waals surface area (Å²) in [7, 11) is 0. The van der Waals surface area contributed by atoms with Gasteiger partial charge in [-0.25, -0.2) is 4.98 Å². The zero-order chi connectivity index (χ0) is 21.1. The first-order chi connectivity index (χ1) is 14.4. The molecule has 12 heteroatoms. The molecule has 0 aliphatic carbocycles. The van der Waals surface area contributed by atoms with Crippen molar-refractivity contribution in [2.75, 3.05) is 43.3 Å². The number of rotatable bonds is 4. The average Bonchev–Trinajstić information content (AvgIpc) is 3.20. The molecule has 2 aliphatic rings. The molecular weight excluding hydrogens is 423 g/mol. The highest BCUT2D eigenvalue weighted by Gasteiger charge is 2.34. The highest BCUT2D eigenvalue weighted by Crippen LogP contribution is 2.33. The van der Waals surface area contributed by atoms with E-state index in [4.69, 9.17) is 26.4 Å². The van der Waals surface area contributed by atoms with Crippen LogP contribution in [0.15, 0.2) is 24.3 Å². The molecule has 0 spiro atoms. The van der Waals surface area contributed by atoms with Crippen molar-refractivity contribution in [3.63, 3.8) is 0 Å². The van der Waals surface area contributed by atoms with E-state index in [1.54, 1.807) is 17.0 Å². The normalized spacial score (nSPS) is 15.8. The van der Waals surface area contributed by atoms with Gasteiger partial charge in [0.2, 0.25) is 12.7 Å². The number of alkyl halides is 3. The molecule has 0 amide bonds. The van der Waals surface area contributed by atoms with Gasteiger partial charge < -0.3 is 29.7 Å². The topological polar surface area (TPSA) is 80.8 Å². The predicted octanol–water partition coefficient (Wildman–Crippen LogP) is 2.55. The number of nitrogens with one attached hydrogen (secondary N) is 2. The number of hydrogen-bond acceptors (Lipinski definition) is 7. The van der Waals surface area contributed by atoms with Crippen LogP contribution in [-0.4, -0.2) is 48.2 Å². The number of ether oxygens (including phenoxy) is 3. The summed E-state index contributed by atoms with van der Waals surface area (Å²) in [6.07, 6.45) is -4.61. The third kappa shape index (κ3) is 4.82. The van der Waals surface area contributed by atoms with E-state index in [1.807, 2.05) is 6.07 Å². The molecule has 1 saturated heterocycles. The van der Waals surface area contributed by atoms with Gasteiger partial charge in [0.1, 0.15) is 5.82 Å². The molecule has 1 aromatic heterocycles. The van der Waals surface area contributed by atoms with E-state index in [0.29, 0.717) is 44.3 Å². The minimum absolute atomic E-state index is 0.0971. The molecule has 0 atom stereocenters. The molecule has 2 aromatic rings. The maximum absolute atomic E-state index is 13.3. The SMILES string of the molecule is FC(F)(F)c1cc(N2CCOCC2)nc(NC(=S)NCc2ccc3c(c2)OCO3)n1. The Balaban J connectivity index is 1.45. The summed E-state index contributed by atoms with van der Waals surface area (Å²) in [6.45, 7) is 2.23. The molecule has 2 aliphatic heterocycles. The summed E-state index contributed by atoms with van der Waals surface area (Å²) < 4.78 is 55.7. The summed E-state index contributed by atoms with van der Waals surface area (Å²) in [4.78, 5) is 9.49. The number of morpholine rings is 1. The molecule has 3 heterocycles. The van der Waals surface area contributed by atoms with Crippen LogP contribution in [0.25, 0.3) is 0 Å². The van der Waals surface area contributed by atoms with E-state index in [0.717, 1.165) is 11.6 Å². The number of thiocarbonyl (C=S) groups is 1. The van der Waals surface area contributed by atoms with Gasteiger partial charge in [0.15, 0.2) is 22.3 Å². The van der Waals surface area contributed by atoms with Crippen LogP contribution in [0.1, 0.15) is 11.3 Å². The van der Waals surface area contributed by atoms with Gasteiger partial charge in [-0.1, -0.05) is 6.07 Å². The zero-order valence-electron chi connectivity index (χ0n) is 15.7. The number of halogens is 3. The van der Waals surface area contributed by atoms with Crippen molar-refractivity contribution in [2.45, 2.75) is 12.7 Å². The lowest BCUT2D eigenvalue weighted by molar-refractivity contribution is -0.141. The van der Waals surface area contributed by atoms with Crippen LogP contribution in [0.5, 0.6) is 11.5 Å². The lowest BCUT2D eigenvalue weighted by Crippen LogP contribution is -2.37. The fourth-order valence-electron chi connectivity index (χ4n) is 2.97. The fraction of sp³-hybridized carbons (Fsp3) is 0.389. The third-order valence-corrected chi connectivity index (χ3v) is 4.70. The Bertz CT molecular complexity index is 938. The zero-order valence-corrected chi connectivity index (χ0v) is 16.5. The van der Waals surface area contributed by atoms with Gasteiger partial charge in [-0.05, 0) is 29.9 Å². The van der Waals surface area contributed by atoms with Gasteiger partial charge >= 0.3 is 6.18 Å². The van der Waals surface area contributed by atoms with Crippen molar-refractivity contribution in [3.05, 3.63) is 35.5 Å². The summed E-state index contributed by atoms with van der Waals surface area (Å²) in [5.74, 6) is 1.23. The molecule has 160 valence electrons. The van der Waals surface area contributed by atoms with E-state index in [1.165, 1.54) is 0 Å². The highest BCUT2D eigenvalue weighted by atomic mass is 32.1. The van der Waals surface area contributed by atoms with Crippen LogP contribution in [-0.2, 0) is 17.5 Å². The highest BCUT2D eigenvalue weighted by molar-refractivity contribution is 7.80. The van der Waals surface area contributed by atoms with Crippen LogP contribution in [0.4, 0.5) is 24.9 Å². The summed E-state index contributed by atoms with van der Waals surface area (Å²) in [5, 5.41) is 5.66. The first-order valence-corrected chi connectivity index (χ1v) is 9.52. The Labute approximate surface area is 175 Å². The van der Waals surface area contributed by atoms with Gasteiger partial charge in [-0.15, -0.1) is 0 Å². The Kier molecular flexibility index (Phi) is 5.77.